The fourth-order valence-corrected chi connectivity index (χ4v) is 2.52. The van der Waals surface area contributed by atoms with Crippen LogP contribution in [0.3, 0.4) is 0 Å². The predicted octanol–water partition coefficient (Wildman–Crippen LogP) is 4.17. The van der Waals surface area contributed by atoms with Gasteiger partial charge in [-0.1, -0.05) is 39.8 Å². The van der Waals surface area contributed by atoms with Gasteiger partial charge in [-0.15, -0.1) is 0 Å². The first-order valence-electron chi connectivity index (χ1n) is 7.56. The van der Waals surface area contributed by atoms with Crippen LogP contribution in [0.2, 0.25) is 0 Å². The number of para-hydroxylation sites is 2. The smallest absolute Gasteiger partial charge is 0.197 e. The second kappa shape index (κ2) is 6.40. The SMILES string of the molecule is CCCNC(Cc1nc2ccccc2o1)CC(C)(C)C. The topological polar surface area (TPSA) is 38.1 Å². The van der Waals surface area contributed by atoms with E-state index in [0.29, 0.717) is 11.5 Å². The molecule has 1 N–H and O–H groups in total. The highest BCUT2D eigenvalue weighted by Gasteiger charge is 2.20. The van der Waals surface area contributed by atoms with Crippen LogP contribution in [0.5, 0.6) is 0 Å². The lowest BCUT2D eigenvalue weighted by molar-refractivity contribution is 0.296. The average Bonchev–Trinajstić information content (AvgIpc) is 2.76. The Hall–Kier alpha value is -1.35. The number of aromatic nitrogens is 1. The molecule has 0 spiro atoms. The molecule has 0 amide bonds. The van der Waals surface area contributed by atoms with Gasteiger partial charge in [0.25, 0.3) is 0 Å². The van der Waals surface area contributed by atoms with Gasteiger partial charge in [0.2, 0.25) is 0 Å². The van der Waals surface area contributed by atoms with E-state index in [9.17, 15) is 0 Å². The minimum absolute atomic E-state index is 0.303. The monoisotopic (exact) mass is 274 g/mol. The van der Waals surface area contributed by atoms with Crippen molar-refractivity contribution in [1.29, 1.82) is 0 Å². The first-order valence-corrected chi connectivity index (χ1v) is 7.56. The van der Waals surface area contributed by atoms with Gasteiger partial charge in [-0.25, -0.2) is 4.98 Å². The van der Waals surface area contributed by atoms with Crippen LogP contribution >= 0.6 is 0 Å². The highest BCUT2D eigenvalue weighted by molar-refractivity contribution is 5.72. The first-order chi connectivity index (χ1) is 9.48. The molecule has 3 nitrogen and oxygen atoms in total. The number of nitrogens with zero attached hydrogens (tertiary/aromatic N) is 1. The number of nitrogens with one attached hydrogen (secondary N) is 1. The van der Waals surface area contributed by atoms with Gasteiger partial charge in [-0.05, 0) is 36.9 Å². The minimum Gasteiger partial charge on any atom is -0.441 e. The van der Waals surface area contributed by atoms with E-state index in [4.69, 9.17) is 4.42 Å². The lowest BCUT2D eigenvalue weighted by Gasteiger charge is -2.26. The van der Waals surface area contributed by atoms with E-state index in [1.165, 1.54) is 0 Å². The number of hydrogen-bond acceptors (Lipinski definition) is 3. The van der Waals surface area contributed by atoms with E-state index in [1.54, 1.807) is 0 Å². The molecule has 1 aromatic carbocycles. The predicted molar refractivity (Wildman–Crippen MR) is 83.9 cm³/mol. The second-order valence-electron chi connectivity index (χ2n) is 6.70. The number of rotatable bonds is 6. The van der Waals surface area contributed by atoms with E-state index < -0.39 is 0 Å². The fourth-order valence-electron chi connectivity index (χ4n) is 2.52. The van der Waals surface area contributed by atoms with Gasteiger partial charge in [0.1, 0.15) is 5.52 Å². The summed E-state index contributed by atoms with van der Waals surface area (Å²) in [5, 5.41) is 3.62. The summed E-state index contributed by atoms with van der Waals surface area (Å²) in [7, 11) is 0. The molecule has 20 heavy (non-hydrogen) atoms. The normalized spacial score (nSPS) is 13.8. The zero-order chi connectivity index (χ0) is 14.6. The summed E-state index contributed by atoms with van der Waals surface area (Å²) >= 11 is 0. The molecule has 0 saturated heterocycles. The maximum Gasteiger partial charge on any atom is 0.197 e. The van der Waals surface area contributed by atoms with Crippen LogP contribution in [0.25, 0.3) is 11.1 Å². The summed E-state index contributed by atoms with van der Waals surface area (Å²) < 4.78 is 5.84. The molecule has 0 radical (unpaired) electrons. The summed E-state index contributed by atoms with van der Waals surface area (Å²) in [5.41, 5.74) is 2.14. The highest BCUT2D eigenvalue weighted by atomic mass is 16.3. The zero-order valence-corrected chi connectivity index (χ0v) is 13.1. The molecule has 2 aromatic rings. The second-order valence-corrected chi connectivity index (χ2v) is 6.70. The molecule has 0 bridgehead atoms. The van der Waals surface area contributed by atoms with Crippen molar-refractivity contribution < 1.29 is 4.42 Å². The maximum absolute atomic E-state index is 5.84. The van der Waals surface area contributed by atoms with Crippen LogP contribution in [0.15, 0.2) is 28.7 Å². The Kier molecular flexibility index (Phi) is 4.81. The summed E-state index contributed by atoms with van der Waals surface area (Å²) in [6.07, 6.45) is 3.12. The lowest BCUT2D eigenvalue weighted by Crippen LogP contribution is -2.35. The molecule has 3 heteroatoms. The van der Waals surface area contributed by atoms with Crippen LogP contribution in [0.1, 0.15) is 46.4 Å². The molecule has 1 aromatic heterocycles. The fraction of sp³-hybridized carbons (Fsp3) is 0.588. The third-order valence-corrected chi connectivity index (χ3v) is 3.30. The number of hydrogen-bond donors (Lipinski definition) is 1. The largest absolute Gasteiger partial charge is 0.441 e. The molecule has 0 aliphatic carbocycles. The third-order valence-electron chi connectivity index (χ3n) is 3.30. The van der Waals surface area contributed by atoms with Crippen LogP contribution < -0.4 is 5.32 Å². The molecule has 1 unspecified atom stereocenters. The van der Waals surface area contributed by atoms with Crippen LogP contribution in [-0.4, -0.2) is 17.6 Å². The van der Waals surface area contributed by atoms with Crippen LogP contribution in [-0.2, 0) is 6.42 Å². The van der Waals surface area contributed by atoms with Crippen molar-refractivity contribution in [1.82, 2.24) is 10.3 Å². The standard InChI is InChI=1S/C17H26N2O/c1-5-10-18-13(12-17(2,3)4)11-16-19-14-8-6-7-9-15(14)20-16/h6-9,13,18H,5,10-12H2,1-4H3. The van der Waals surface area contributed by atoms with Gasteiger partial charge in [0.15, 0.2) is 11.5 Å². The van der Waals surface area contributed by atoms with Gasteiger partial charge < -0.3 is 9.73 Å². The third kappa shape index (κ3) is 4.34. The Morgan fingerprint density at radius 1 is 1.25 bits per heavy atom. The Labute approximate surface area is 121 Å². The summed E-state index contributed by atoms with van der Waals surface area (Å²) in [4.78, 5) is 4.58. The number of oxazole rings is 1. The van der Waals surface area contributed by atoms with Crippen molar-refractivity contribution in [2.75, 3.05) is 6.54 Å². The van der Waals surface area contributed by atoms with Crippen molar-refractivity contribution >= 4 is 11.1 Å². The van der Waals surface area contributed by atoms with Gasteiger partial charge in [0, 0.05) is 12.5 Å². The molecule has 1 atom stereocenters. The van der Waals surface area contributed by atoms with Crippen molar-refractivity contribution in [3.63, 3.8) is 0 Å². The van der Waals surface area contributed by atoms with Gasteiger partial charge in [-0.3, -0.25) is 0 Å². The number of fused-ring (bicyclic) bond motifs is 1. The van der Waals surface area contributed by atoms with E-state index >= 15 is 0 Å². The van der Waals surface area contributed by atoms with Crippen molar-refractivity contribution in [2.45, 2.75) is 53.0 Å². The molecule has 0 aliphatic rings. The van der Waals surface area contributed by atoms with Gasteiger partial charge >= 0.3 is 0 Å². The molecule has 110 valence electrons. The Bertz CT molecular complexity index is 506. The van der Waals surface area contributed by atoms with Crippen LogP contribution in [0.4, 0.5) is 0 Å². The molecular weight excluding hydrogens is 248 g/mol. The average molecular weight is 274 g/mol. The first kappa shape index (κ1) is 15.0. The van der Waals surface area contributed by atoms with Crippen LogP contribution in [0, 0.1) is 5.41 Å². The Balaban J connectivity index is 2.09. The minimum atomic E-state index is 0.303. The Morgan fingerprint density at radius 3 is 2.65 bits per heavy atom. The van der Waals surface area contributed by atoms with Crippen molar-refractivity contribution in [3.05, 3.63) is 30.2 Å². The summed E-state index contributed by atoms with van der Waals surface area (Å²) in [6.45, 7) is 10.1. The molecule has 0 aliphatic heterocycles. The lowest BCUT2D eigenvalue weighted by atomic mass is 9.87. The zero-order valence-electron chi connectivity index (χ0n) is 13.1. The van der Waals surface area contributed by atoms with E-state index in [0.717, 1.165) is 42.8 Å². The maximum atomic E-state index is 5.84. The molecule has 0 fully saturated rings. The van der Waals surface area contributed by atoms with Gasteiger partial charge in [-0.2, -0.15) is 0 Å². The molecule has 2 rings (SSSR count). The Morgan fingerprint density at radius 2 is 2.00 bits per heavy atom. The van der Waals surface area contributed by atoms with E-state index in [-0.39, 0.29) is 0 Å². The quantitative estimate of drug-likeness (QED) is 0.859. The van der Waals surface area contributed by atoms with Gasteiger partial charge in [0.05, 0.1) is 0 Å². The summed E-state index contributed by atoms with van der Waals surface area (Å²) in [6, 6.07) is 8.38. The van der Waals surface area contributed by atoms with E-state index in [1.807, 2.05) is 24.3 Å². The van der Waals surface area contributed by atoms with E-state index in [2.05, 4.69) is 38.0 Å². The molecular formula is C17H26N2O. The highest BCUT2D eigenvalue weighted by Crippen LogP contribution is 2.23. The molecule has 1 heterocycles. The van der Waals surface area contributed by atoms with Crippen molar-refractivity contribution in [2.24, 2.45) is 5.41 Å². The number of benzene rings is 1. The van der Waals surface area contributed by atoms with Crippen molar-refractivity contribution in [3.8, 4) is 0 Å². The molecule has 0 saturated carbocycles. The summed E-state index contributed by atoms with van der Waals surface area (Å²) in [5.74, 6) is 0.837.